The Morgan fingerprint density at radius 1 is 1.18 bits per heavy atom. The minimum Gasteiger partial charge on any atom is -0.494 e. The Balaban J connectivity index is 1.32. The molecule has 0 atom stereocenters. The first-order chi connectivity index (χ1) is 18.8. The van der Waals surface area contributed by atoms with Gasteiger partial charge in [0.25, 0.3) is 12.3 Å². The number of methoxy groups -OCH3 is 1. The van der Waals surface area contributed by atoms with Crippen molar-refractivity contribution in [2.45, 2.75) is 44.7 Å². The first kappa shape index (κ1) is 26.7. The molecule has 1 aliphatic carbocycles. The molecule has 1 aromatic carbocycles. The third-order valence-corrected chi connectivity index (χ3v) is 7.25. The standard InChI is InChI=1S/C27H25ClF3N5O3/c1-39-22-12-18(8-9-20(22)29)36-25-21(3-2-10-32-25)35(27(36)38)14-15-4-6-17(7-5-15)34-26(37)19-11-16(28)13-33-23(19)24(30)31/h2-3,8-13,15,17,24H,4-7,14H2,1H3,(H,34,37). The fraction of sp³-hybridized carbons (Fsp3) is 0.333. The highest BCUT2D eigenvalue weighted by Crippen LogP contribution is 2.29. The summed E-state index contributed by atoms with van der Waals surface area (Å²) < 4.78 is 48.8. The molecule has 1 N–H and O–H groups in total. The van der Waals surface area contributed by atoms with Crippen LogP contribution in [0.4, 0.5) is 13.2 Å². The molecule has 1 saturated carbocycles. The normalized spacial score (nSPS) is 17.5. The van der Waals surface area contributed by atoms with E-state index < -0.39 is 23.8 Å². The average Bonchev–Trinajstić information content (AvgIpc) is 3.20. The van der Waals surface area contributed by atoms with Crippen molar-refractivity contribution in [1.29, 1.82) is 0 Å². The number of benzene rings is 1. The van der Waals surface area contributed by atoms with Crippen LogP contribution in [-0.4, -0.2) is 38.2 Å². The molecule has 0 radical (unpaired) electrons. The summed E-state index contributed by atoms with van der Waals surface area (Å²) in [7, 11) is 1.36. The second-order valence-electron chi connectivity index (χ2n) is 9.47. The highest BCUT2D eigenvalue weighted by atomic mass is 35.5. The maximum absolute atomic E-state index is 14.0. The summed E-state index contributed by atoms with van der Waals surface area (Å²) in [5, 5.41) is 2.93. The van der Waals surface area contributed by atoms with Gasteiger partial charge in [0, 0.05) is 31.0 Å². The fourth-order valence-electron chi connectivity index (χ4n) is 5.10. The van der Waals surface area contributed by atoms with Gasteiger partial charge in [-0.05, 0) is 61.9 Å². The molecule has 3 aromatic heterocycles. The van der Waals surface area contributed by atoms with Crippen molar-refractivity contribution in [3.63, 3.8) is 0 Å². The fourth-order valence-corrected chi connectivity index (χ4v) is 5.26. The number of nitrogens with one attached hydrogen (secondary N) is 1. The van der Waals surface area contributed by atoms with Crippen LogP contribution in [-0.2, 0) is 6.54 Å². The molecule has 0 saturated heterocycles. The number of hydrogen-bond donors (Lipinski definition) is 1. The van der Waals surface area contributed by atoms with Gasteiger partial charge in [-0.2, -0.15) is 0 Å². The third kappa shape index (κ3) is 5.36. The smallest absolute Gasteiger partial charge is 0.334 e. The number of hydrogen-bond acceptors (Lipinski definition) is 5. The topological polar surface area (TPSA) is 91.0 Å². The Bertz CT molecular complexity index is 1580. The monoisotopic (exact) mass is 559 g/mol. The van der Waals surface area contributed by atoms with Crippen molar-refractivity contribution in [2.24, 2.45) is 5.92 Å². The van der Waals surface area contributed by atoms with Gasteiger partial charge in [0.2, 0.25) is 0 Å². The number of aromatic nitrogens is 4. The van der Waals surface area contributed by atoms with E-state index in [4.69, 9.17) is 16.3 Å². The van der Waals surface area contributed by atoms with Gasteiger partial charge in [0.05, 0.1) is 28.9 Å². The molecule has 8 nitrogen and oxygen atoms in total. The second kappa shape index (κ2) is 11.1. The summed E-state index contributed by atoms with van der Waals surface area (Å²) in [6.07, 6.45) is 2.45. The lowest BCUT2D eigenvalue weighted by atomic mass is 9.85. The van der Waals surface area contributed by atoms with E-state index in [9.17, 15) is 22.8 Å². The average molecular weight is 560 g/mol. The minimum absolute atomic E-state index is 0.0193. The summed E-state index contributed by atoms with van der Waals surface area (Å²) in [4.78, 5) is 34.3. The van der Waals surface area contributed by atoms with E-state index >= 15 is 0 Å². The number of imidazole rings is 1. The van der Waals surface area contributed by atoms with Crippen molar-refractivity contribution >= 4 is 28.7 Å². The third-order valence-electron chi connectivity index (χ3n) is 7.04. The van der Waals surface area contributed by atoms with Gasteiger partial charge in [-0.25, -0.2) is 27.5 Å². The lowest BCUT2D eigenvalue weighted by molar-refractivity contribution is 0.0904. The van der Waals surface area contributed by atoms with E-state index in [-0.39, 0.29) is 34.0 Å². The summed E-state index contributed by atoms with van der Waals surface area (Å²) in [5.41, 5.74) is 0.389. The molecule has 1 fully saturated rings. The second-order valence-corrected chi connectivity index (χ2v) is 9.91. The molecule has 1 amide bonds. The number of carbonyl (C=O) groups excluding carboxylic acids is 1. The molecule has 39 heavy (non-hydrogen) atoms. The van der Waals surface area contributed by atoms with Gasteiger partial charge < -0.3 is 10.1 Å². The van der Waals surface area contributed by atoms with E-state index in [0.29, 0.717) is 49.1 Å². The largest absolute Gasteiger partial charge is 0.494 e. The number of alkyl halides is 2. The molecule has 4 aromatic rings. The van der Waals surface area contributed by atoms with E-state index in [2.05, 4.69) is 15.3 Å². The van der Waals surface area contributed by atoms with E-state index in [1.54, 1.807) is 16.8 Å². The zero-order chi connectivity index (χ0) is 27.7. The number of pyridine rings is 2. The van der Waals surface area contributed by atoms with E-state index in [0.717, 1.165) is 6.20 Å². The Kier molecular flexibility index (Phi) is 7.60. The summed E-state index contributed by atoms with van der Waals surface area (Å²) in [6, 6.07) is 8.75. The molecule has 0 spiro atoms. The number of ether oxygens (including phenoxy) is 1. The Morgan fingerprint density at radius 3 is 2.67 bits per heavy atom. The molecule has 1 aliphatic rings. The van der Waals surface area contributed by atoms with Gasteiger partial charge in [0.15, 0.2) is 17.2 Å². The van der Waals surface area contributed by atoms with Crippen LogP contribution in [0.2, 0.25) is 5.02 Å². The summed E-state index contributed by atoms with van der Waals surface area (Å²) >= 11 is 5.88. The van der Waals surface area contributed by atoms with Gasteiger partial charge in [-0.15, -0.1) is 0 Å². The van der Waals surface area contributed by atoms with Crippen LogP contribution in [0.5, 0.6) is 5.75 Å². The molecular weight excluding hydrogens is 535 g/mol. The van der Waals surface area contributed by atoms with Crippen molar-refractivity contribution in [2.75, 3.05) is 7.11 Å². The van der Waals surface area contributed by atoms with Crippen molar-refractivity contribution in [3.8, 4) is 11.4 Å². The summed E-state index contributed by atoms with van der Waals surface area (Å²) in [5.74, 6) is -1.01. The van der Waals surface area contributed by atoms with Gasteiger partial charge in [-0.1, -0.05) is 11.6 Å². The molecular formula is C27H25ClF3N5O3. The number of fused-ring (bicyclic) bond motifs is 1. The van der Waals surface area contributed by atoms with Crippen LogP contribution >= 0.6 is 11.6 Å². The first-order valence-corrected chi connectivity index (χ1v) is 12.8. The molecule has 0 bridgehead atoms. The lowest BCUT2D eigenvalue weighted by Gasteiger charge is -2.29. The highest BCUT2D eigenvalue weighted by Gasteiger charge is 2.27. The number of carbonyl (C=O) groups is 1. The summed E-state index contributed by atoms with van der Waals surface area (Å²) in [6.45, 7) is 0.431. The molecule has 5 rings (SSSR count). The lowest BCUT2D eigenvalue weighted by Crippen LogP contribution is -2.39. The van der Waals surface area contributed by atoms with Crippen LogP contribution in [0, 0.1) is 11.7 Å². The predicted molar refractivity (Wildman–Crippen MR) is 139 cm³/mol. The molecule has 12 heteroatoms. The quantitative estimate of drug-likeness (QED) is 0.331. The van der Waals surface area contributed by atoms with Crippen molar-refractivity contribution < 1.29 is 22.7 Å². The zero-order valence-corrected chi connectivity index (χ0v) is 21.7. The van der Waals surface area contributed by atoms with Crippen molar-refractivity contribution in [3.05, 3.63) is 81.4 Å². The predicted octanol–water partition coefficient (Wildman–Crippen LogP) is 5.31. The maximum atomic E-state index is 14.0. The van der Waals surface area contributed by atoms with Crippen LogP contribution in [0.25, 0.3) is 16.9 Å². The number of amides is 1. The van der Waals surface area contributed by atoms with E-state index in [1.807, 2.05) is 6.07 Å². The van der Waals surface area contributed by atoms with Crippen molar-refractivity contribution in [1.82, 2.24) is 24.4 Å². The zero-order valence-electron chi connectivity index (χ0n) is 20.9. The number of rotatable bonds is 7. The van der Waals surface area contributed by atoms with E-state index in [1.165, 1.54) is 35.9 Å². The van der Waals surface area contributed by atoms with Crippen LogP contribution in [0.1, 0.15) is 48.2 Å². The maximum Gasteiger partial charge on any atom is 0.334 e. The minimum atomic E-state index is -2.90. The van der Waals surface area contributed by atoms with Gasteiger partial charge in [0.1, 0.15) is 5.69 Å². The molecule has 0 aliphatic heterocycles. The Labute approximate surface area is 226 Å². The Morgan fingerprint density at radius 2 is 1.95 bits per heavy atom. The Hall–Kier alpha value is -3.86. The van der Waals surface area contributed by atoms with Gasteiger partial charge in [-0.3, -0.25) is 14.3 Å². The SMILES string of the molecule is COc1cc(-n2c(=O)n(CC3CCC(NC(=O)c4cc(Cl)cnc4C(F)F)CC3)c3cccnc32)ccc1F. The van der Waals surface area contributed by atoms with Crippen LogP contribution in [0.3, 0.4) is 0 Å². The molecule has 204 valence electrons. The highest BCUT2D eigenvalue weighted by molar-refractivity contribution is 6.30. The van der Waals surface area contributed by atoms with Crippen LogP contribution < -0.4 is 15.7 Å². The molecule has 3 heterocycles. The van der Waals surface area contributed by atoms with Gasteiger partial charge >= 0.3 is 5.69 Å². The first-order valence-electron chi connectivity index (χ1n) is 12.4. The number of halogens is 4. The number of nitrogens with zero attached hydrogens (tertiary/aromatic N) is 4. The van der Waals surface area contributed by atoms with Crippen LogP contribution in [0.15, 0.2) is 53.6 Å². The molecule has 0 unspecified atom stereocenters.